The highest BCUT2D eigenvalue weighted by Gasteiger charge is 2.19. The molecule has 0 fully saturated rings. The summed E-state index contributed by atoms with van der Waals surface area (Å²) in [5.41, 5.74) is 0.912. The van der Waals surface area contributed by atoms with E-state index in [1.54, 1.807) is 12.3 Å². The molecule has 1 N–H and O–H groups in total. The lowest BCUT2D eigenvalue weighted by atomic mass is 9.93. The van der Waals surface area contributed by atoms with Gasteiger partial charge in [-0.05, 0) is 24.9 Å². The number of aromatic nitrogens is 1. The minimum Gasteiger partial charge on any atom is -0.309 e. The summed E-state index contributed by atoms with van der Waals surface area (Å²) in [5.74, 6) is 0.697. The van der Waals surface area contributed by atoms with Crippen LogP contribution in [0.2, 0.25) is 10.0 Å². The fourth-order valence-electron chi connectivity index (χ4n) is 2.17. The molecule has 4 heteroatoms. The Bertz CT molecular complexity index is 365. The van der Waals surface area contributed by atoms with Crippen LogP contribution in [0.4, 0.5) is 0 Å². The number of halogens is 2. The lowest BCUT2D eigenvalue weighted by Gasteiger charge is -2.23. The topological polar surface area (TPSA) is 24.9 Å². The Morgan fingerprint density at radius 1 is 1.22 bits per heavy atom. The van der Waals surface area contributed by atoms with Crippen LogP contribution >= 0.6 is 23.2 Å². The van der Waals surface area contributed by atoms with Gasteiger partial charge in [-0.25, -0.2) is 0 Å². The third kappa shape index (κ3) is 4.42. The lowest BCUT2D eigenvalue weighted by molar-refractivity contribution is 0.371. The Balaban J connectivity index is 2.89. The summed E-state index contributed by atoms with van der Waals surface area (Å²) in [6.45, 7) is 7.47. The first-order valence-corrected chi connectivity index (χ1v) is 7.42. The molecule has 2 nitrogen and oxygen atoms in total. The highest BCUT2D eigenvalue weighted by Crippen LogP contribution is 2.29. The molecule has 1 aromatic rings. The minimum absolute atomic E-state index is 0.213. The average Bonchev–Trinajstić information content (AvgIpc) is 2.35. The van der Waals surface area contributed by atoms with Gasteiger partial charge in [-0.15, -0.1) is 0 Å². The van der Waals surface area contributed by atoms with Gasteiger partial charge in [-0.1, -0.05) is 56.8 Å². The zero-order valence-electron chi connectivity index (χ0n) is 11.3. The maximum atomic E-state index is 6.24. The maximum Gasteiger partial charge on any atom is 0.0760 e. The molecular formula is C14H22Cl2N2. The first-order valence-electron chi connectivity index (χ1n) is 6.66. The number of hydrogen-bond donors (Lipinski definition) is 1. The fourth-order valence-corrected chi connectivity index (χ4v) is 2.69. The minimum atomic E-state index is 0.213. The van der Waals surface area contributed by atoms with Gasteiger partial charge in [0, 0.05) is 6.20 Å². The van der Waals surface area contributed by atoms with E-state index in [2.05, 4.69) is 31.1 Å². The highest BCUT2D eigenvalue weighted by atomic mass is 35.5. The summed E-state index contributed by atoms with van der Waals surface area (Å²) in [5, 5.41) is 4.71. The van der Waals surface area contributed by atoms with Crippen molar-refractivity contribution in [3.05, 3.63) is 28.0 Å². The summed E-state index contributed by atoms with van der Waals surface area (Å²) in [6.07, 6.45) is 5.10. The second-order valence-electron chi connectivity index (χ2n) is 4.55. The largest absolute Gasteiger partial charge is 0.309 e. The van der Waals surface area contributed by atoms with Crippen LogP contribution in [0, 0.1) is 5.92 Å². The van der Waals surface area contributed by atoms with Crippen molar-refractivity contribution < 1.29 is 0 Å². The predicted octanol–water partition coefficient (Wildman–Crippen LogP) is 4.87. The van der Waals surface area contributed by atoms with E-state index in [0.717, 1.165) is 18.7 Å². The van der Waals surface area contributed by atoms with Gasteiger partial charge in [0.15, 0.2) is 0 Å². The molecule has 0 bridgehead atoms. The Morgan fingerprint density at radius 3 is 2.39 bits per heavy atom. The Morgan fingerprint density at radius 2 is 1.89 bits per heavy atom. The van der Waals surface area contributed by atoms with E-state index in [0.29, 0.717) is 16.0 Å². The SMILES string of the molecule is CCNC(CC(CC)CC)c1ncc(Cl)cc1Cl. The summed E-state index contributed by atoms with van der Waals surface area (Å²) < 4.78 is 0. The number of hydrogen-bond acceptors (Lipinski definition) is 2. The van der Waals surface area contributed by atoms with E-state index in [1.165, 1.54) is 12.8 Å². The second-order valence-corrected chi connectivity index (χ2v) is 5.39. The molecule has 0 aliphatic heterocycles. The molecule has 1 unspecified atom stereocenters. The van der Waals surface area contributed by atoms with Gasteiger partial charge < -0.3 is 5.32 Å². The van der Waals surface area contributed by atoms with Gasteiger partial charge in [-0.3, -0.25) is 4.98 Å². The third-order valence-corrected chi connectivity index (χ3v) is 3.85. The Hall–Kier alpha value is -0.310. The predicted molar refractivity (Wildman–Crippen MR) is 79.4 cm³/mol. The van der Waals surface area contributed by atoms with Crippen LogP contribution < -0.4 is 5.32 Å². The molecule has 0 aliphatic rings. The molecule has 1 aromatic heterocycles. The highest BCUT2D eigenvalue weighted by molar-refractivity contribution is 6.34. The van der Waals surface area contributed by atoms with E-state index in [9.17, 15) is 0 Å². The van der Waals surface area contributed by atoms with Gasteiger partial charge in [-0.2, -0.15) is 0 Å². The molecule has 102 valence electrons. The molecular weight excluding hydrogens is 267 g/mol. The first kappa shape index (κ1) is 15.7. The number of nitrogens with one attached hydrogen (secondary N) is 1. The van der Waals surface area contributed by atoms with Crippen molar-refractivity contribution in [2.24, 2.45) is 5.92 Å². The molecule has 0 saturated heterocycles. The van der Waals surface area contributed by atoms with Crippen molar-refractivity contribution >= 4 is 23.2 Å². The third-order valence-electron chi connectivity index (χ3n) is 3.34. The second kappa shape index (κ2) is 7.98. The summed E-state index contributed by atoms with van der Waals surface area (Å²) in [7, 11) is 0. The average molecular weight is 289 g/mol. The molecule has 1 atom stereocenters. The van der Waals surface area contributed by atoms with Crippen LogP contribution in [0.1, 0.15) is 51.8 Å². The fraction of sp³-hybridized carbons (Fsp3) is 0.643. The molecule has 1 rings (SSSR count). The van der Waals surface area contributed by atoms with E-state index in [4.69, 9.17) is 23.2 Å². The van der Waals surface area contributed by atoms with Crippen molar-refractivity contribution in [1.82, 2.24) is 10.3 Å². The van der Waals surface area contributed by atoms with Crippen molar-refractivity contribution in [2.45, 2.75) is 46.1 Å². The zero-order valence-corrected chi connectivity index (χ0v) is 12.9. The maximum absolute atomic E-state index is 6.24. The van der Waals surface area contributed by atoms with Crippen LogP contribution in [0.5, 0.6) is 0 Å². The van der Waals surface area contributed by atoms with E-state index < -0.39 is 0 Å². The van der Waals surface area contributed by atoms with Crippen molar-refractivity contribution in [3.63, 3.8) is 0 Å². The molecule has 18 heavy (non-hydrogen) atoms. The molecule has 0 aromatic carbocycles. The lowest BCUT2D eigenvalue weighted by Crippen LogP contribution is -2.24. The standard InChI is InChI=1S/C14H22Cl2N2/c1-4-10(5-2)7-13(17-6-3)14-12(16)8-11(15)9-18-14/h8-10,13,17H,4-7H2,1-3H3. The van der Waals surface area contributed by atoms with Crippen LogP contribution in [-0.2, 0) is 0 Å². The van der Waals surface area contributed by atoms with E-state index >= 15 is 0 Å². The normalized spacial score (nSPS) is 13.0. The summed E-state index contributed by atoms with van der Waals surface area (Å²) in [6, 6.07) is 1.98. The van der Waals surface area contributed by atoms with Crippen LogP contribution in [0.25, 0.3) is 0 Å². The number of nitrogens with zero attached hydrogens (tertiary/aromatic N) is 1. The molecule has 1 heterocycles. The monoisotopic (exact) mass is 288 g/mol. The van der Waals surface area contributed by atoms with Crippen molar-refractivity contribution in [2.75, 3.05) is 6.54 Å². The van der Waals surface area contributed by atoms with E-state index in [1.807, 2.05) is 0 Å². The molecule has 0 saturated carbocycles. The smallest absolute Gasteiger partial charge is 0.0760 e. The first-order chi connectivity index (χ1) is 8.62. The van der Waals surface area contributed by atoms with Gasteiger partial charge in [0.05, 0.1) is 21.8 Å². The Labute approximate surface area is 120 Å². The summed E-state index contributed by atoms with van der Waals surface area (Å²) >= 11 is 12.1. The molecule has 0 aliphatic carbocycles. The van der Waals surface area contributed by atoms with Gasteiger partial charge in [0.1, 0.15) is 0 Å². The van der Waals surface area contributed by atoms with Gasteiger partial charge in [0.2, 0.25) is 0 Å². The molecule has 0 spiro atoms. The van der Waals surface area contributed by atoms with Crippen LogP contribution in [0.3, 0.4) is 0 Å². The van der Waals surface area contributed by atoms with Gasteiger partial charge >= 0.3 is 0 Å². The van der Waals surface area contributed by atoms with Crippen LogP contribution in [0.15, 0.2) is 12.3 Å². The molecule has 0 amide bonds. The number of pyridine rings is 1. The summed E-state index contributed by atoms with van der Waals surface area (Å²) in [4.78, 5) is 4.39. The van der Waals surface area contributed by atoms with Crippen molar-refractivity contribution in [1.29, 1.82) is 0 Å². The Kier molecular flexibility index (Phi) is 6.98. The van der Waals surface area contributed by atoms with Gasteiger partial charge in [0.25, 0.3) is 0 Å². The van der Waals surface area contributed by atoms with Crippen LogP contribution in [-0.4, -0.2) is 11.5 Å². The number of rotatable bonds is 7. The van der Waals surface area contributed by atoms with E-state index in [-0.39, 0.29) is 6.04 Å². The zero-order chi connectivity index (χ0) is 13.5. The van der Waals surface area contributed by atoms with Crippen molar-refractivity contribution in [3.8, 4) is 0 Å². The molecule has 0 radical (unpaired) electrons. The quantitative estimate of drug-likeness (QED) is 0.775.